The fourth-order valence-electron chi connectivity index (χ4n) is 0.702. The van der Waals surface area contributed by atoms with Crippen LogP contribution in [0.5, 0.6) is 6.01 Å². The molecule has 5 heteroatoms. The van der Waals surface area contributed by atoms with Gasteiger partial charge in [0.2, 0.25) is 0 Å². The van der Waals surface area contributed by atoms with Gasteiger partial charge in [-0.1, -0.05) is 13.8 Å². The smallest absolute Gasteiger partial charge is 0.319 e. The number of nitrogens with zero attached hydrogens (tertiary/aromatic N) is 3. The second kappa shape index (κ2) is 6.66. The van der Waals surface area contributed by atoms with Gasteiger partial charge < -0.3 is 10.1 Å². The van der Waals surface area contributed by atoms with Crippen LogP contribution in [0.2, 0.25) is 0 Å². The second-order valence-electron chi connectivity index (χ2n) is 1.99. The molecule has 1 N–H and O–H groups in total. The van der Waals surface area contributed by atoms with Gasteiger partial charge in [0.05, 0.1) is 7.11 Å². The Morgan fingerprint density at radius 1 is 1.43 bits per heavy atom. The van der Waals surface area contributed by atoms with Crippen molar-refractivity contribution in [2.24, 2.45) is 0 Å². The summed E-state index contributed by atoms with van der Waals surface area (Å²) in [7, 11) is 3.17. The third-order valence-electron chi connectivity index (χ3n) is 1.26. The van der Waals surface area contributed by atoms with E-state index in [-0.39, 0.29) is 11.7 Å². The third-order valence-corrected chi connectivity index (χ3v) is 1.26. The van der Waals surface area contributed by atoms with Crippen LogP contribution in [0.15, 0.2) is 6.07 Å². The summed E-state index contributed by atoms with van der Waals surface area (Å²) in [5.41, 5.74) is 0.284. The van der Waals surface area contributed by atoms with E-state index in [9.17, 15) is 0 Å². The Kier molecular flexibility index (Phi) is 5.79. The van der Waals surface area contributed by atoms with Crippen LogP contribution in [0.3, 0.4) is 0 Å². The number of nitriles is 1. The van der Waals surface area contributed by atoms with Crippen molar-refractivity contribution in [3.63, 3.8) is 0 Å². The predicted molar refractivity (Wildman–Crippen MR) is 54.2 cm³/mol. The van der Waals surface area contributed by atoms with E-state index < -0.39 is 0 Å². The van der Waals surface area contributed by atoms with Crippen molar-refractivity contribution in [3.8, 4) is 12.1 Å². The van der Waals surface area contributed by atoms with Crippen molar-refractivity contribution in [3.05, 3.63) is 11.8 Å². The average Bonchev–Trinajstić information content (AvgIpc) is 2.30. The van der Waals surface area contributed by atoms with Gasteiger partial charge >= 0.3 is 6.01 Å². The molecule has 1 heterocycles. The lowest BCUT2D eigenvalue weighted by Gasteiger charge is -2.01. The van der Waals surface area contributed by atoms with Crippen LogP contribution >= 0.6 is 0 Å². The largest absolute Gasteiger partial charge is 0.467 e. The zero-order valence-corrected chi connectivity index (χ0v) is 8.83. The summed E-state index contributed by atoms with van der Waals surface area (Å²) < 4.78 is 4.79. The molecule has 0 amide bonds. The third kappa shape index (κ3) is 3.27. The zero-order chi connectivity index (χ0) is 11.0. The molecule has 0 radical (unpaired) electrons. The average molecular weight is 194 g/mol. The van der Waals surface area contributed by atoms with Crippen LogP contribution in [-0.4, -0.2) is 24.1 Å². The van der Waals surface area contributed by atoms with Gasteiger partial charge in [-0.15, -0.1) is 0 Å². The fourth-order valence-corrected chi connectivity index (χ4v) is 0.702. The summed E-state index contributed by atoms with van der Waals surface area (Å²) in [6, 6.07) is 3.64. The molecule has 0 atom stereocenters. The van der Waals surface area contributed by atoms with Crippen LogP contribution < -0.4 is 10.1 Å². The molecule has 0 saturated carbocycles. The normalized spacial score (nSPS) is 7.93. The quantitative estimate of drug-likeness (QED) is 0.771. The highest BCUT2D eigenvalue weighted by Gasteiger charge is 2.01. The van der Waals surface area contributed by atoms with E-state index in [0.717, 1.165) is 0 Å². The first-order chi connectivity index (χ1) is 6.80. The first-order valence-corrected chi connectivity index (χ1v) is 4.31. The first-order valence-electron chi connectivity index (χ1n) is 4.31. The Labute approximate surface area is 83.8 Å². The van der Waals surface area contributed by atoms with Crippen molar-refractivity contribution < 1.29 is 4.74 Å². The molecule has 76 valence electrons. The van der Waals surface area contributed by atoms with E-state index in [0.29, 0.717) is 5.82 Å². The van der Waals surface area contributed by atoms with Gasteiger partial charge in [-0.2, -0.15) is 15.2 Å². The molecule has 0 aliphatic heterocycles. The minimum atomic E-state index is 0.193. The predicted octanol–water partition coefficient (Wildman–Crippen LogP) is 1.42. The van der Waals surface area contributed by atoms with Gasteiger partial charge in [0.25, 0.3) is 0 Å². The molecule has 5 nitrogen and oxygen atoms in total. The molecule has 0 bridgehead atoms. The molecule has 1 aromatic rings. The highest BCUT2D eigenvalue weighted by atomic mass is 16.5. The van der Waals surface area contributed by atoms with Gasteiger partial charge in [0.1, 0.15) is 17.6 Å². The van der Waals surface area contributed by atoms with E-state index >= 15 is 0 Å². The molecular formula is C9H14N4O. The van der Waals surface area contributed by atoms with Crippen LogP contribution in [0, 0.1) is 11.3 Å². The summed E-state index contributed by atoms with van der Waals surface area (Å²) in [6.07, 6.45) is 0. The number of rotatable bonds is 2. The van der Waals surface area contributed by atoms with E-state index in [4.69, 9.17) is 10.00 Å². The maximum absolute atomic E-state index is 8.55. The lowest BCUT2D eigenvalue weighted by Crippen LogP contribution is -1.99. The highest BCUT2D eigenvalue weighted by molar-refractivity contribution is 5.40. The van der Waals surface area contributed by atoms with Gasteiger partial charge in [-0.25, -0.2) is 0 Å². The summed E-state index contributed by atoms with van der Waals surface area (Å²) in [4.78, 5) is 7.71. The van der Waals surface area contributed by atoms with Crippen LogP contribution in [0.4, 0.5) is 5.82 Å². The molecule has 0 aromatic carbocycles. The Hall–Kier alpha value is -1.83. The Balaban J connectivity index is 0.000000791. The maximum atomic E-state index is 8.55. The maximum Gasteiger partial charge on any atom is 0.319 e. The highest BCUT2D eigenvalue weighted by Crippen LogP contribution is 2.09. The Morgan fingerprint density at radius 3 is 2.50 bits per heavy atom. The minimum absolute atomic E-state index is 0.193. The second-order valence-corrected chi connectivity index (χ2v) is 1.99. The van der Waals surface area contributed by atoms with Crippen LogP contribution in [0.25, 0.3) is 0 Å². The van der Waals surface area contributed by atoms with Gasteiger partial charge in [-0.05, 0) is 0 Å². The van der Waals surface area contributed by atoms with Crippen LogP contribution in [-0.2, 0) is 0 Å². The van der Waals surface area contributed by atoms with Crippen molar-refractivity contribution in [2.45, 2.75) is 13.8 Å². The lowest BCUT2D eigenvalue weighted by atomic mass is 10.4. The van der Waals surface area contributed by atoms with E-state index in [1.165, 1.54) is 7.11 Å². The summed E-state index contributed by atoms with van der Waals surface area (Å²) in [5, 5.41) is 11.3. The molecule has 1 aromatic heterocycles. The Morgan fingerprint density at radius 2 is 2.07 bits per heavy atom. The van der Waals surface area contributed by atoms with Crippen molar-refractivity contribution >= 4 is 5.82 Å². The van der Waals surface area contributed by atoms with E-state index in [2.05, 4.69) is 15.3 Å². The van der Waals surface area contributed by atoms with E-state index in [1.807, 2.05) is 19.9 Å². The van der Waals surface area contributed by atoms with Gasteiger partial charge in [-0.3, -0.25) is 0 Å². The number of nitrogens with one attached hydrogen (secondary N) is 1. The SMILES string of the molecule is CC.CNc1cc(C#N)nc(OC)n1. The molecule has 1 rings (SSSR count). The number of anilines is 1. The molecule has 0 fully saturated rings. The van der Waals surface area contributed by atoms with Gasteiger partial charge in [0.15, 0.2) is 0 Å². The molecule has 0 aliphatic rings. The lowest BCUT2D eigenvalue weighted by molar-refractivity contribution is 0.380. The monoisotopic (exact) mass is 194 g/mol. The first kappa shape index (κ1) is 12.2. The molecule has 0 saturated heterocycles. The molecule has 14 heavy (non-hydrogen) atoms. The van der Waals surface area contributed by atoms with Crippen molar-refractivity contribution in [1.82, 2.24) is 9.97 Å². The topological polar surface area (TPSA) is 70.8 Å². The minimum Gasteiger partial charge on any atom is -0.467 e. The van der Waals surface area contributed by atoms with Gasteiger partial charge in [0, 0.05) is 13.1 Å². The Bertz CT molecular complexity index is 297. The summed E-state index contributed by atoms with van der Waals surface area (Å²) in [5.74, 6) is 0.568. The van der Waals surface area contributed by atoms with Crippen molar-refractivity contribution in [1.29, 1.82) is 5.26 Å². The summed E-state index contributed by atoms with van der Waals surface area (Å²) >= 11 is 0. The molecular weight excluding hydrogens is 180 g/mol. The molecule has 0 spiro atoms. The van der Waals surface area contributed by atoms with Crippen molar-refractivity contribution in [2.75, 3.05) is 19.5 Å². The fraction of sp³-hybridized carbons (Fsp3) is 0.444. The van der Waals surface area contributed by atoms with Crippen LogP contribution in [0.1, 0.15) is 19.5 Å². The molecule has 0 unspecified atom stereocenters. The standard InChI is InChI=1S/C7H8N4O.C2H6/c1-9-6-3-5(4-8)10-7(11-6)12-2;1-2/h3H,1-2H3,(H,9,10,11);1-2H3. The number of hydrogen-bond donors (Lipinski definition) is 1. The molecule has 0 aliphatic carbocycles. The zero-order valence-electron chi connectivity index (χ0n) is 8.83. The number of aromatic nitrogens is 2. The van der Waals surface area contributed by atoms with E-state index in [1.54, 1.807) is 13.1 Å². The number of ether oxygens (including phenoxy) is 1. The summed E-state index contributed by atoms with van der Waals surface area (Å²) in [6.45, 7) is 4.00. The number of hydrogen-bond acceptors (Lipinski definition) is 5. The number of methoxy groups -OCH3 is 1.